The molecule has 5 heteroatoms. The van der Waals surface area contributed by atoms with Gasteiger partial charge in [-0.25, -0.2) is 4.79 Å². The molecule has 0 spiro atoms. The van der Waals surface area contributed by atoms with Gasteiger partial charge in [-0.1, -0.05) is 12.1 Å². The predicted molar refractivity (Wildman–Crippen MR) is 75.1 cm³/mol. The summed E-state index contributed by atoms with van der Waals surface area (Å²) in [7, 11) is 0. The second-order valence-corrected chi connectivity index (χ2v) is 5.11. The summed E-state index contributed by atoms with van der Waals surface area (Å²) in [6.45, 7) is 0. The molecule has 0 aliphatic carbocycles. The minimum Gasteiger partial charge on any atom is -0.465 e. The molecule has 0 atom stereocenters. The Kier molecular flexibility index (Phi) is 2.91. The lowest BCUT2D eigenvalue weighted by molar-refractivity contribution is 0.209. The number of benzene rings is 2. The second-order valence-electron chi connectivity index (χ2n) is 4.26. The average molecular weight is 320 g/mol. The summed E-state index contributed by atoms with van der Waals surface area (Å²) in [5, 5.41) is 11.1. The third kappa shape index (κ3) is 2.29. The Balaban J connectivity index is 1.98. The quantitative estimate of drug-likeness (QED) is 0.705. The van der Waals surface area contributed by atoms with Crippen molar-refractivity contribution >= 4 is 27.7 Å². The first kappa shape index (κ1) is 12.0. The molecule has 0 fully saturated rings. The zero-order valence-electron chi connectivity index (χ0n) is 9.81. The van der Waals surface area contributed by atoms with Crippen LogP contribution in [-0.4, -0.2) is 11.2 Å². The first-order valence-electron chi connectivity index (χ1n) is 5.71. The van der Waals surface area contributed by atoms with Crippen LogP contribution in [0.25, 0.3) is 0 Å². The molecule has 0 radical (unpaired) electrons. The van der Waals surface area contributed by atoms with Gasteiger partial charge < -0.3 is 9.84 Å². The van der Waals surface area contributed by atoms with E-state index in [1.807, 2.05) is 18.2 Å². The Hall–Kier alpha value is -2.01. The van der Waals surface area contributed by atoms with E-state index in [0.29, 0.717) is 5.69 Å². The number of hydrogen-bond acceptors (Lipinski definition) is 2. The molecule has 0 unspecified atom stereocenters. The number of anilines is 1. The Morgan fingerprint density at radius 2 is 2.11 bits per heavy atom. The standard InChI is InChI=1S/C14H10BrNO3/c15-11-3-1-2-8-6-9-7-10(16-14(17)18)4-5-12(9)19-13(8)11/h1-5,7,16H,6H2,(H,17,18). The molecule has 0 saturated carbocycles. The van der Waals surface area contributed by atoms with Gasteiger partial charge in [0.15, 0.2) is 0 Å². The minimum absolute atomic E-state index is 0.549. The zero-order valence-corrected chi connectivity index (χ0v) is 11.4. The molecule has 96 valence electrons. The maximum Gasteiger partial charge on any atom is 0.409 e. The molecule has 1 aliphatic heterocycles. The summed E-state index contributed by atoms with van der Waals surface area (Å²) in [4.78, 5) is 10.6. The number of amides is 1. The van der Waals surface area contributed by atoms with Crippen LogP contribution in [0, 0.1) is 0 Å². The molecular weight excluding hydrogens is 310 g/mol. The number of carbonyl (C=O) groups is 1. The van der Waals surface area contributed by atoms with Gasteiger partial charge in [0, 0.05) is 23.2 Å². The maximum atomic E-state index is 10.6. The molecule has 2 N–H and O–H groups in total. The molecular formula is C14H10BrNO3. The van der Waals surface area contributed by atoms with E-state index in [1.54, 1.807) is 18.2 Å². The van der Waals surface area contributed by atoms with Gasteiger partial charge in [0.25, 0.3) is 0 Å². The maximum absolute atomic E-state index is 10.6. The van der Waals surface area contributed by atoms with Crippen LogP contribution >= 0.6 is 15.9 Å². The van der Waals surface area contributed by atoms with Gasteiger partial charge in [-0.3, -0.25) is 5.32 Å². The summed E-state index contributed by atoms with van der Waals surface area (Å²) >= 11 is 3.47. The van der Waals surface area contributed by atoms with E-state index in [1.165, 1.54) is 0 Å². The molecule has 0 saturated heterocycles. The van der Waals surface area contributed by atoms with Crippen LogP contribution in [0.5, 0.6) is 11.5 Å². The lowest BCUT2D eigenvalue weighted by Gasteiger charge is -2.21. The van der Waals surface area contributed by atoms with Gasteiger partial charge in [0.05, 0.1) is 4.47 Å². The van der Waals surface area contributed by atoms with E-state index in [-0.39, 0.29) is 0 Å². The van der Waals surface area contributed by atoms with Crippen molar-refractivity contribution in [1.82, 2.24) is 0 Å². The van der Waals surface area contributed by atoms with Crippen LogP contribution in [-0.2, 0) is 6.42 Å². The molecule has 1 aliphatic rings. The highest BCUT2D eigenvalue weighted by molar-refractivity contribution is 9.10. The third-order valence-corrected chi connectivity index (χ3v) is 3.58. The highest BCUT2D eigenvalue weighted by atomic mass is 79.9. The SMILES string of the molecule is O=C(O)Nc1ccc2c(c1)Cc1cccc(Br)c1O2. The summed E-state index contributed by atoms with van der Waals surface area (Å²) in [6.07, 6.45) is -0.348. The van der Waals surface area contributed by atoms with Gasteiger partial charge >= 0.3 is 6.09 Å². The van der Waals surface area contributed by atoms with Crippen LogP contribution < -0.4 is 10.1 Å². The lowest BCUT2D eigenvalue weighted by Crippen LogP contribution is -2.09. The second kappa shape index (κ2) is 4.59. The van der Waals surface area contributed by atoms with Crippen molar-refractivity contribution in [2.75, 3.05) is 5.32 Å². The molecule has 2 aromatic carbocycles. The number of halogens is 1. The first-order valence-corrected chi connectivity index (χ1v) is 6.51. The van der Waals surface area contributed by atoms with Crippen LogP contribution in [0.1, 0.15) is 11.1 Å². The first-order chi connectivity index (χ1) is 9.13. The average Bonchev–Trinajstić information content (AvgIpc) is 2.36. The van der Waals surface area contributed by atoms with Crippen LogP contribution in [0.3, 0.4) is 0 Å². The molecule has 3 rings (SSSR count). The zero-order chi connectivity index (χ0) is 13.4. The van der Waals surface area contributed by atoms with Gasteiger partial charge in [-0.05, 0) is 40.2 Å². The highest BCUT2D eigenvalue weighted by Crippen LogP contribution is 2.41. The van der Waals surface area contributed by atoms with Crippen molar-refractivity contribution in [3.8, 4) is 11.5 Å². The largest absolute Gasteiger partial charge is 0.465 e. The van der Waals surface area contributed by atoms with Crippen LogP contribution in [0.4, 0.5) is 10.5 Å². The number of para-hydroxylation sites is 1. The van der Waals surface area contributed by atoms with Crippen LogP contribution in [0.2, 0.25) is 0 Å². The van der Waals surface area contributed by atoms with Crippen molar-refractivity contribution in [3.05, 3.63) is 52.0 Å². The fourth-order valence-corrected chi connectivity index (χ4v) is 2.63. The Labute approximate surface area is 118 Å². The van der Waals surface area contributed by atoms with E-state index in [4.69, 9.17) is 9.84 Å². The van der Waals surface area contributed by atoms with Crippen molar-refractivity contribution in [1.29, 1.82) is 0 Å². The number of carboxylic acid groups (broad SMARTS) is 1. The van der Waals surface area contributed by atoms with Crippen molar-refractivity contribution in [2.45, 2.75) is 6.42 Å². The van der Waals surface area contributed by atoms with Crippen molar-refractivity contribution in [2.24, 2.45) is 0 Å². The van der Waals surface area contributed by atoms with Gasteiger partial charge in [0.1, 0.15) is 11.5 Å². The molecule has 19 heavy (non-hydrogen) atoms. The highest BCUT2D eigenvalue weighted by Gasteiger charge is 2.19. The molecule has 1 amide bonds. The predicted octanol–water partition coefficient (Wildman–Crippen LogP) is 4.24. The van der Waals surface area contributed by atoms with E-state index >= 15 is 0 Å². The number of rotatable bonds is 1. The summed E-state index contributed by atoms with van der Waals surface area (Å²) < 4.78 is 6.77. The smallest absolute Gasteiger partial charge is 0.409 e. The van der Waals surface area contributed by atoms with E-state index in [0.717, 1.165) is 33.5 Å². The van der Waals surface area contributed by atoms with Crippen molar-refractivity contribution < 1.29 is 14.6 Å². The third-order valence-electron chi connectivity index (χ3n) is 2.95. The minimum atomic E-state index is -1.07. The normalized spacial score (nSPS) is 12.1. The Bertz CT molecular complexity index is 670. The van der Waals surface area contributed by atoms with Crippen molar-refractivity contribution in [3.63, 3.8) is 0 Å². The van der Waals surface area contributed by atoms with E-state index < -0.39 is 6.09 Å². The van der Waals surface area contributed by atoms with E-state index in [2.05, 4.69) is 21.2 Å². The topological polar surface area (TPSA) is 58.6 Å². The van der Waals surface area contributed by atoms with E-state index in [9.17, 15) is 4.79 Å². The number of fused-ring (bicyclic) bond motifs is 2. The van der Waals surface area contributed by atoms with Crippen LogP contribution in [0.15, 0.2) is 40.9 Å². The monoisotopic (exact) mass is 319 g/mol. The fourth-order valence-electron chi connectivity index (χ4n) is 2.14. The Morgan fingerprint density at radius 3 is 2.89 bits per heavy atom. The Morgan fingerprint density at radius 1 is 1.26 bits per heavy atom. The summed E-state index contributed by atoms with van der Waals surface area (Å²) in [5.74, 6) is 1.59. The molecule has 0 aromatic heterocycles. The summed E-state index contributed by atoms with van der Waals surface area (Å²) in [6, 6.07) is 11.2. The molecule has 2 aromatic rings. The van der Waals surface area contributed by atoms with Gasteiger partial charge in [0.2, 0.25) is 0 Å². The van der Waals surface area contributed by atoms with Gasteiger partial charge in [-0.15, -0.1) is 0 Å². The number of ether oxygens (including phenoxy) is 1. The number of nitrogens with one attached hydrogen (secondary N) is 1. The fraction of sp³-hybridized carbons (Fsp3) is 0.0714. The molecule has 1 heterocycles. The molecule has 4 nitrogen and oxygen atoms in total. The lowest BCUT2D eigenvalue weighted by atomic mass is 10.00. The molecule has 0 bridgehead atoms. The van der Waals surface area contributed by atoms with Gasteiger partial charge in [-0.2, -0.15) is 0 Å². The summed E-state index contributed by atoms with van der Waals surface area (Å²) in [5.41, 5.74) is 2.60. The number of hydrogen-bond donors (Lipinski definition) is 2.